The second-order valence-electron chi connectivity index (χ2n) is 5.94. The van der Waals surface area contributed by atoms with Crippen molar-refractivity contribution in [2.24, 2.45) is 0 Å². The van der Waals surface area contributed by atoms with E-state index < -0.39 is 10.0 Å². The number of nitrogen functional groups attached to an aromatic ring is 1. The molecule has 2 rings (SSSR count). The fourth-order valence-electron chi connectivity index (χ4n) is 3.02. The average molecular weight is 296 g/mol. The summed E-state index contributed by atoms with van der Waals surface area (Å²) in [6.07, 6.45) is 2.90. The van der Waals surface area contributed by atoms with E-state index >= 15 is 0 Å². The highest BCUT2D eigenvalue weighted by Crippen LogP contribution is 2.32. The van der Waals surface area contributed by atoms with E-state index in [-0.39, 0.29) is 17.0 Å². The first-order valence-corrected chi connectivity index (χ1v) is 8.59. The van der Waals surface area contributed by atoms with Crippen molar-refractivity contribution in [3.05, 3.63) is 23.3 Å². The Balaban J connectivity index is 2.52. The fraction of sp³-hybridized carbons (Fsp3) is 0.600. The number of rotatable bonds is 2. The maximum Gasteiger partial charge on any atom is 0.245 e. The van der Waals surface area contributed by atoms with Crippen LogP contribution in [0.25, 0.3) is 0 Å². The molecule has 1 aromatic rings. The van der Waals surface area contributed by atoms with Crippen molar-refractivity contribution in [1.29, 1.82) is 0 Å². The molecule has 2 N–H and O–H groups in total. The third-order valence-electron chi connectivity index (χ3n) is 4.29. The second-order valence-corrected chi connectivity index (χ2v) is 7.75. The highest BCUT2D eigenvalue weighted by atomic mass is 32.2. The zero-order valence-corrected chi connectivity index (χ0v) is 13.5. The summed E-state index contributed by atoms with van der Waals surface area (Å²) in [4.78, 5) is 0.251. The number of benzene rings is 1. The van der Waals surface area contributed by atoms with Gasteiger partial charge in [0, 0.05) is 12.1 Å². The molecule has 1 fully saturated rings. The first-order chi connectivity index (χ1) is 9.25. The van der Waals surface area contributed by atoms with E-state index in [1.54, 1.807) is 16.4 Å². The van der Waals surface area contributed by atoms with E-state index in [1.165, 1.54) is 0 Å². The van der Waals surface area contributed by atoms with Crippen molar-refractivity contribution >= 4 is 15.7 Å². The Kier molecular flexibility index (Phi) is 4.12. The van der Waals surface area contributed by atoms with Crippen LogP contribution < -0.4 is 5.73 Å². The molecular formula is C15H24N2O2S. The summed E-state index contributed by atoms with van der Waals surface area (Å²) in [5.41, 5.74) is 8.28. The smallest absolute Gasteiger partial charge is 0.245 e. The minimum Gasteiger partial charge on any atom is -0.398 e. The monoisotopic (exact) mass is 296 g/mol. The number of nitrogens with zero attached hydrogens (tertiary/aromatic N) is 1. The molecule has 5 heteroatoms. The van der Waals surface area contributed by atoms with Crippen molar-refractivity contribution in [2.75, 3.05) is 5.73 Å². The maximum atomic E-state index is 12.9. The second kappa shape index (κ2) is 5.37. The van der Waals surface area contributed by atoms with E-state index in [4.69, 9.17) is 5.73 Å². The Morgan fingerprint density at radius 1 is 1.10 bits per heavy atom. The summed E-state index contributed by atoms with van der Waals surface area (Å²) >= 11 is 0. The molecule has 0 amide bonds. The van der Waals surface area contributed by atoms with Crippen molar-refractivity contribution < 1.29 is 8.42 Å². The molecule has 1 aliphatic heterocycles. The lowest BCUT2D eigenvalue weighted by atomic mass is 10.0. The third-order valence-corrected chi connectivity index (χ3v) is 6.48. The van der Waals surface area contributed by atoms with Crippen LogP contribution in [-0.2, 0) is 10.0 Å². The van der Waals surface area contributed by atoms with Crippen LogP contribution in [0.4, 0.5) is 5.69 Å². The van der Waals surface area contributed by atoms with Crippen LogP contribution in [0.1, 0.15) is 44.2 Å². The van der Waals surface area contributed by atoms with Crippen LogP contribution in [0.5, 0.6) is 0 Å². The highest BCUT2D eigenvalue weighted by Gasteiger charge is 2.36. The summed E-state index contributed by atoms with van der Waals surface area (Å²) in [6, 6.07) is 3.52. The van der Waals surface area contributed by atoms with Crippen LogP contribution >= 0.6 is 0 Å². The van der Waals surface area contributed by atoms with E-state index in [1.807, 2.05) is 27.7 Å². The van der Waals surface area contributed by atoms with Crippen LogP contribution in [0.3, 0.4) is 0 Å². The predicted octanol–water partition coefficient (Wildman–Crippen LogP) is 2.84. The summed E-state index contributed by atoms with van der Waals surface area (Å²) in [5, 5.41) is 0. The summed E-state index contributed by atoms with van der Waals surface area (Å²) in [5.74, 6) is 0. The van der Waals surface area contributed by atoms with Gasteiger partial charge in [0.2, 0.25) is 10.0 Å². The molecular weight excluding hydrogens is 272 g/mol. The quantitative estimate of drug-likeness (QED) is 0.854. The molecule has 0 aliphatic carbocycles. The number of aryl methyl sites for hydroxylation is 2. The van der Waals surface area contributed by atoms with Gasteiger partial charge >= 0.3 is 0 Å². The molecule has 4 nitrogen and oxygen atoms in total. The Morgan fingerprint density at radius 2 is 1.60 bits per heavy atom. The standard InChI is InChI=1S/C15H24N2O2S/c1-10-8-14(16)15(9-11(10)2)20(18,19)17-12(3)6-5-7-13(17)4/h8-9,12-13H,5-7,16H2,1-4H3. The Morgan fingerprint density at radius 3 is 2.15 bits per heavy atom. The van der Waals surface area contributed by atoms with Crippen molar-refractivity contribution in [3.63, 3.8) is 0 Å². The zero-order chi connectivity index (χ0) is 15.1. The van der Waals surface area contributed by atoms with E-state index in [0.717, 1.165) is 30.4 Å². The fourth-order valence-corrected chi connectivity index (χ4v) is 5.09. The van der Waals surface area contributed by atoms with Gasteiger partial charge in [-0.15, -0.1) is 0 Å². The van der Waals surface area contributed by atoms with Gasteiger partial charge in [0.25, 0.3) is 0 Å². The van der Waals surface area contributed by atoms with Crippen LogP contribution in [-0.4, -0.2) is 24.8 Å². The normalized spacial score (nSPS) is 24.8. The Labute approximate surface area is 122 Å². The van der Waals surface area contributed by atoms with Gasteiger partial charge < -0.3 is 5.73 Å². The number of piperidine rings is 1. The Hall–Kier alpha value is -1.07. The molecule has 0 radical (unpaired) electrons. The molecule has 0 saturated carbocycles. The first kappa shape index (κ1) is 15.3. The summed E-state index contributed by atoms with van der Waals surface area (Å²) in [6.45, 7) is 7.81. The summed E-state index contributed by atoms with van der Waals surface area (Å²) in [7, 11) is -3.52. The van der Waals surface area contributed by atoms with Gasteiger partial charge in [-0.25, -0.2) is 8.42 Å². The summed E-state index contributed by atoms with van der Waals surface area (Å²) < 4.78 is 27.5. The molecule has 1 saturated heterocycles. The molecule has 0 spiro atoms. The lowest BCUT2D eigenvalue weighted by molar-refractivity contribution is 0.204. The van der Waals surface area contributed by atoms with E-state index in [9.17, 15) is 8.42 Å². The largest absolute Gasteiger partial charge is 0.398 e. The van der Waals surface area contributed by atoms with Crippen LogP contribution in [0.2, 0.25) is 0 Å². The minimum atomic E-state index is -3.52. The zero-order valence-electron chi connectivity index (χ0n) is 12.7. The number of nitrogens with two attached hydrogens (primary N) is 1. The number of anilines is 1. The van der Waals surface area contributed by atoms with Crippen LogP contribution in [0, 0.1) is 13.8 Å². The predicted molar refractivity (Wildman–Crippen MR) is 82.1 cm³/mol. The van der Waals surface area contributed by atoms with E-state index in [0.29, 0.717) is 5.69 Å². The number of hydrogen-bond donors (Lipinski definition) is 1. The molecule has 1 heterocycles. The van der Waals surface area contributed by atoms with Gasteiger partial charge in [-0.05, 0) is 63.8 Å². The van der Waals surface area contributed by atoms with E-state index in [2.05, 4.69) is 0 Å². The molecule has 112 valence electrons. The van der Waals surface area contributed by atoms with Gasteiger partial charge in [0.05, 0.1) is 5.69 Å². The van der Waals surface area contributed by atoms with Gasteiger partial charge in [-0.2, -0.15) is 4.31 Å². The minimum absolute atomic E-state index is 0.0322. The molecule has 0 aromatic heterocycles. The van der Waals surface area contributed by atoms with Crippen molar-refractivity contribution in [2.45, 2.75) is 63.9 Å². The number of hydrogen-bond acceptors (Lipinski definition) is 3. The van der Waals surface area contributed by atoms with Gasteiger partial charge in [0.1, 0.15) is 4.90 Å². The molecule has 2 atom stereocenters. The third kappa shape index (κ3) is 2.56. The Bertz CT molecular complexity index is 601. The molecule has 2 unspecified atom stereocenters. The first-order valence-electron chi connectivity index (χ1n) is 7.15. The maximum absolute atomic E-state index is 12.9. The van der Waals surface area contributed by atoms with Gasteiger partial charge in [-0.1, -0.05) is 6.42 Å². The lowest BCUT2D eigenvalue weighted by Crippen LogP contribution is -2.47. The lowest BCUT2D eigenvalue weighted by Gasteiger charge is -2.38. The topological polar surface area (TPSA) is 63.4 Å². The molecule has 0 bridgehead atoms. The van der Waals surface area contributed by atoms with Crippen molar-refractivity contribution in [3.8, 4) is 0 Å². The highest BCUT2D eigenvalue weighted by molar-refractivity contribution is 7.89. The molecule has 1 aliphatic rings. The van der Waals surface area contributed by atoms with Crippen molar-refractivity contribution in [1.82, 2.24) is 4.31 Å². The molecule has 1 aromatic carbocycles. The van der Waals surface area contributed by atoms with Crippen LogP contribution in [0.15, 0.2) is 17.0 Å². The van der Waals surface area contributed by atoms with Gasteiger partial charge in [-0.3, -0.25) is 0 Å². The SMILES string of the molecule is Cc1cc(N)c(S(=O)(=O)N2C(C)CCCC2C)cc1C. The van der Waals surface area contributed by atoms with Gasteiger partial charge in [0.15, 0.2) is 0 Å². The number of sulfonamides is 1. The molecule has 20 heavy (non-hydrogen) atoms. The average Bonchev–Trinajstić information content (AvgIpc) is 2.33.